The Bertz CT molecular complexity index is 2630. The normalized spacial score (nSPS) is 14.0. The van der Waals surface area contributed by atoms with E-state index in [1.807, 2.05) is 0 Å². The average Bonchev–Trinajstić information content (AvgIpc) is 3.26. The summed E-state index contributed by atoms with van der Waals surface area (Å²) in [5.41, 5.74) is -4.90. The van der Waals surface area contributed by atoms with Gasteiger partial charge in [0.1, 0.15) is 0 Å². The quantitative estimate of drug-likeness (QED) is 0.0438. The summed E-state index contributed by atoms with van der Waals surface area (Å²) >= 11 is 0. The summed E-state index contributed by atoms with van der Waals surface area (Å²) in [6.45, 7) is 0. The minimum atomic E-state index is -5.45. The molecule has 0 unspecified atom stereocenters. The third kappa shape index (κ3) is 9.72. The van der Waals surface area contributed by atoms with Gasteiger partial charge in [0, 0.05) is 36.4 Å². The second-order valence-corrected chi connectivity index (χ2v) is 18.8. The van der Waals surface area contributed by atoms with Crippen LogP contribution in [0.15, 0.2) is 159 Å². The highest BCUT2D eigenvalue weighted by atomic mass is 31.3. The van der Waals surface area contributed by atoms with Crippen LogP contribution in [0.4, 0.5) is 34.1 Å². The molecular formula is C36H24N9O18P3. The highest BCUT2D eigenvalue weighted by Gasteiger charge is 2.52. The van der Waals surface area contributed by atoms with Crippen LogP contribution in [0.5, 0.6) is 34.5 Å². The third-order valence-electron chi connectivity index (χ3n) is 8.35. The van der Waals surface area contributed by atoms with Crippen LogP contribution in [-0.4, -0.2) is 29.5 Å². The monoisotopic (exact) mass is 963 g/mol. The van der Waals surface area contributed by atoms with Gasteiger partial charge in [-0.1, -0.05) is 86.3 Å². The van der Waals surface area contributed by atoms with Crippen molar-refractivity contribution in [2.75, 3.05) is 0 Å². The van der Waals surface area contributed by atoms with Crippen LogP contribution in [-0.2, 0) is 0 Å². The van der Waals surface area contributed by atoms with Crippen molar-refractivity contribution in [3.8, 4) is 34.5 Å². The summed E-state index contributed by atoms with van der Waals surface area (Å²) in [4.78, 5) is 69.4. The van der Waals surface area contributed by atoms with E-state index in [4.69, 9.17) is 27.1 Å². The molecule has 0 atom stereocenters. The van der Waals surface area contributed by atoms with E-state index in [-0.39, 0.29) is 0 Å². The van der Waals surface area contributed by atoms with E-state index in [0.717, 1.165) is 72.8 Å². The van der Waals surface area contributed by atoms with E-state index in [2.05, 4.69) is 13.5 Å². The molecule has 0 radical (unpaired) electrons. The zero-order valence-electron chi connectivity index (χ0n) is 32.6. The van der Waals surface area contributed by atoms with Crippen LogP contribution in [0.1, 0.15) is 0 Å². The average molecular weight is 964 g/mol. The molecule has 1 heterocycles. The number of hydrogen-bond donors (Lipinski definition) is 0. The molecule has 6 aromatic carbocycles. The molecule has 1 aliphatic heterocycles. The summed E-state index contributed by atoms with van der Waals surface area (Å²) in [5.74, 6) is -4.46. The Hall–Kier alpha value is -8.79. The first-order valence-electron chi connectivity index (χ1n) is 18.0. The molecule has 0 aromatic heterocycles. The van der Waals surface area contributed by atoms with E-state index in [9.17, 15) is 60.7 Å². The van der Waals surface area contributed by atoms with Gasteiger partial charge in [0.05, 0.1) is 29.5 Å². The van der Waals surface area contributed by atoms with E-state index in [1.165, 1.54) is 72.8 Å². The van der Waals surface area contributed by atoms with Gasteiger partial charge in [-0.25, -0.2) is 0 Å². The maximum absolute atomic E-state index is 12.5. The van der Waals surface area contributed by atoms with Crippen LogP contribution in [0.3, 0.4) is 0 Å². The molecule has 0 amide bonds. The zero-order chi connectivity index (χ0) is 47.2. The van der Waals surface area contributed by atoms with Crippen molar-refractivity contribution in [3.63, 3.8) is 0 Å². The topological polar surface area (TPSA) is 351 Å². The molecular weight excluding hydrogens is 939 g/mol. The Balaban J connectivity index is 1.73. The summed E-state index contributed by atoms with van der Waals surface area (Å²) < 4.78 is 51.3. The maximum atomic E-state index is 12.5. The molecule has 30 heteroatoms. The first kappa shape index (κ1) is 45.2. The van der Waals surface area contributed by atoms with Crippen molar-refractivity contribution in [2.45, 2.75) is 0 Å². The summed E-state index contributed by atoms with van der Waals surface area (Å²) in [7, 11) is -16.3. The van der Waals surface area contributed by atoms with Crippen molar-refractivity contribution in [1.82, 2.24) is 0 Å². The minimum absolute atomic E-state index is 0.743. The lowest BCUT2D eigenvalue weighted by atomic mass is 10.3. The first-order chi connectivity index (χ1) is 31.5. The summed E-state index contributed by atoms with van der Waals surface area (Å²) in [6, 6.07) is 26.6. The van der Waals surface area contributed by atoms with Crippen LogP contribution in [0.25, 0.3) is 0 Å². The molecule has 0 saturated carbocycles. The molecule has 0 saturated heterocycles. The van der Waals surface area contributed by atoms with E-state index in [1.54, 1.807) is 0 Å². The number of para-hydroxylation sites is 12. The van der Waals surface area contributed by atoms with Gasteiger partial charge >= 0.3 is 57.1 Å². The third-order valence-corrected chi connectivity index (χ3v) is 16.4. The first-order valence-corrected chi connectivity index (χ1v) is 22.6. The second-order valence-electron chi connectivity index (χ2n) is 12.6. The van der Waals surface area contributed by atoms with Crippen molar-refractivity contribution >= 4 is 57.1 Å². The fraction of sp³-hybridized carbons (Fsp3) is 0. The molecule has 0 fully saturated rings. The van der Waals surface area contributed by atoms with Gasteiger partial charge in [0.15, 0.2) is 0 Å². The molecule has 1 aliphatic rings. The zero-order valence-corrected chi connectivity index (χ0v) is 35.3. The van der Waals surface area contributed by atoms with Gasteiger partial charge in [-0.05, 0) is 36.4 Å². The Kier molecular flexibility index (Phi) is 12.7. The maximum Gasteiger partial charge on any atom is 0.461 e. The Morgan fingerprint density at radius 1 is 0.273 bits per heavy atom. The van der Waals surface area contributed by atoms with Crippen molar-refractivity contribution in [1.29, 1.82) is 0 Å². The van der Waals surface area contributed by atoms with Crippen molar-refractivity contribution in [2.24, 2.45) is 13.5 Å². The molecule has 66 heavy (non-hydrogen) atoms. The Morgan fingerprint density at radius 3 is 0.545 bits per heavy atom. The molecule has 336 valence electrons. The fourth-order valence-electron chi connectivity index (χ4n) is 5.64. The minimum Gasteiger partial charge on any atom is -0.406 e. The standard InChI is InChI=1S/C36H24N9O18P3/c46-40(47)25-13-1-7-19-31(25)58-64(59-32-20-8-2-14-26(32)41(48)49)37-65(60-33-21-9-3-15-27(33)42(50)51,61-34-22-10-4-16-28(34)43(52)53)39-66(38-64,62-35-23-11-5-17-29(35)44(54)55)63-36-24-12-6-18-30(36)45(56)57/h1-24H. The number of rotatable bonds is 18. The van der Waals surface area contributed by atoms with Gasteiger partial charge in [-0.3, -0.25) is 60.7 Å². The van der Waals surface area contributed by atoms with Gasteiger partial charge in [-0.2, -0.15) is 0 Å². The van der Waals surface area contributed by atoms with E-state index < -0.39 is 121 Å². The largest absolute Gasteiger partial charge is 0.461 e. The highest BCUT2D eigenvalue weighted by molar-refractivity contribution is 7.79. The number of hydrogen-bond acceptors (Lipinski definition) is 21. The molecule has 0 aliphatic carbocycles. The number of nitro benzene ring substituents is 6. The molecule has 6 aromatic rings. The Morgan fingerprint density at radius 2 is 0.409 bits per heavy atom. The molecule has 7 rings (SSSR count). The van der Waals surface area contributed by atoms with Crippen molar-refractivity contribution in [3.05, 3.63) is 206 Å². The van der Waals surface area contributed by atoms with Gasteiger partial charge in [0.2, 0.25) is 34.5 Å². The number of nitro groups is 6. The van der Waals surface area contributed by atoms with Crippen LogP contribution < -0.4 is 27.1 Å². The predicted octanol–water partition coefficient (Wildman–Crippen LogP) is 11.8. The van der Waals surface area contributed by atoms with Crippen molar-refractivity contribution < 1.29 is 56.7 Å². The van der Waals surface area contributed by atoms with Gasteiger partial charge in [0.25, 0.3) is 0 Å². The summed E-state index contributed by atoms with van der Waals surface area (Å²) in [5, 5.41) is 74.9. The predicted molar refractivity (Wildman–Crippen MR) is 230 cm³/mol. The molecule has 27 nitrogen and oxygen atoms in total. The summed E-state index contributed by atoms with van der Waals surface area (Å²) in [6.07, 6.45) is 0. The second kappa shape index (κ2) is 18.5. The number of benzene rings is 6. The fourth-order valence-corrected chi connectivity index (χ4v) is 14.8. The van der Waals surface area contributed by atoms with Crippen LogP contribution in [0.2, 0.25) is 0 Å². The number of nitrogens with zero attached hydrogens (tertiary/aromatic N) is 9. The van der Waals surface area contributed by atoms with Gasteiger partial charge < -0.3 is 27.1 Å². The molecule has 0 spiro atoms. The smallest absolute Gasteiger partial charge is 0.406 e. The SMILES string of the molecule is O=[N+]([O-])c1ccccc1OP1(Oc2ccccc2[N+](=O)[O-])=NP(Oc2ccccc2[N+](=O)[O-])(Oc2ccccc2[N+](=O)[O-])=NP(Oc2ccccc2[N+](=O)[O-])(Oc2ccccc2[N+](=O)[O-])=N1. The van der Waals surface area contributed by atoms with E-state index >= 15 is 0 Å². The lowest BCUT2D eigenvalue weighted by molar-refractivity contribution is -0.385. The van der Waals surface area contributed by atoms with Crippen LogP contribution in [0, 0.1) is 60.7 Å². The molecule has 0 N–H and O–H groups in total. The van der Waals surface area contributed by atoms with Gasteiger partial charge in [-0.15, -0.1) is 0 Å². The lowest BCUT2D eigenvalue weighted by Crippen LogP contribution is -2.13. The lowest BCUT2D eigenvalue weighted by Gasteiger charge is -2.32. The molecule has 0 bridgehead atoms. The van der Waals surface area contributed by atoms with E-state index in [0.29, 0.717) is 0 Å². The Labute approximate surface area is 367 Å². The van der Waals surface area contributed by atoms with Crippen LogP contribution >= 0.6 is 23.0 Å². The highest BCUT2D eigenvalue weighted by Crippen LogP contribution is 2.79.